The summed E-state index contributed by atoms with van der Waals surface area (Å²) in [7, 11) is 0. The summed E-state index contributed by atoms with van der Waals surface area (Å²) < 4.78 is 27.4. The van der Waals surface area contributed by atoms with Crippen molar-refractivity contribution in [2.24, 2.45) is 0 Å². The van der Waals surface area contributed by atoms with Gasteiger partial charge in [-0.1, -0.05) is 29.3 Å². The van der Waals surface area contributed by atoms with E-state index in [1.165, 1.54) is 12.1 Å². The second kappa shape index (κ2) is 6.11. The van der Waals surface area contributed by atoms with Gasteiger partial charge in [-0.3, -0.25) is 0 Å². The van der Waals surface area contributed by atoms with Crippen molar-refractivity contribution in [3.05, 3.63) is 57.3 Å². The number of nitrogens with one attached hydrogen (secondary N) is 1. The van der Waals surface area contributed by atoms with Crippen molar-refractivity contribution >= 4 is 34.9 Å². The van der Waals surface area contributed by atoms with E-state index in [0.717, 1.165) is 24.5 Å². The number of amides is 2. The molecule has 2 atom stereocenters. The topological polar surface area (TPSA) is 45.2 Å². The molecule has 1 aromatic heterocycles. The lowest BCUT2D eigenvalue weighted by atomic mass is 9.98. The Bertz CT molecular complexity index is 877. The van der Waals surface area contributed by atoms with Gasteiger partial charge in [0.15, 0.2) is 0 Å². The number of hydrogen-bond donors (Lipinski definition) is 1. The van der Waals surface area contributed by atoms with Crippen LogP contribution < -0.4 is 5.32 Å². The molecule has 1 fully saturated rings. The maximum absolute atomic E-state index is 14.0. The molecule has 2 aromatic rings. The number of carbonyl (C=O) groups excluding carboxylic acids is 1. The number of nitrogens with zero attached hydrogens (tertiary/aromatic N) is 2. The van der Waals surface area contributed by atoms with Gasteiger partial charge in [0.05, 0.1) is 27.5 Å². The normalized spacial score (nSPS) is 21.2. The van der Waals surface area contributed by atoms with Crippen molar-refractivity contribution in [3.8, 4) is 0 Å². The van der Waals surface area contributed by atoms with Crippen LogP contribution in [0.4, 0.5) is 19.3 Å². The smallest absolute Gasteiger partial charge is 0.314 e. The van der Waals surface area contributed by atoms with E-state index in [0.29, 0.717) is 12.1 Å². The van der Waals surface area contributed by atoms with E-state index < -0.39 is 17.8 Å². The maximum Gasteiger partial charge on any atom is 0.322 e. The van der Waals surface area contributed by atoms with Crippen LogP contribution in [0, 0.1) is 11.8 Å². The molecule has 0 radical (unpaired) electrons. The molecule has 4 rings (SSSR count). The first kappa shape index (κ1) is 16.5. The summed E-state index contributed by atoms with van der Waals surface area (Å²) in [6, 6.07) is 4.63. The van der Waals surface area contributed by atoms with E-state index in [2.05, 4.69) is 10.3 Å². The number of anilines is 1. The van der Waals surface area contributed by atoms with Crippen molar-refractivity contribution < 1.29 is 13.6 Å². The molecular formula is C17H13Cl2F2N3O. The summed E-state index contributed by atoms with van der Waals surface area (Å²) >= 11 is 11.7. The molecule has 8 heteroatoms. The predicted molar refractivity (Wildman–Crippen MR) is 90.9 cm³/mol. The SMILES string of the molecule is O=C(Nc1cc(Cl)c(Cl)cc1F)N1[C@H]2CC[C@@H]1c1ccc(F)nc1C2. The summed E-state index contributed by atoms with van der Waals surface area (Å²) in [5.74, 6) is -1.18. The van der Waals surface area contributed by atoms with Crippen LogP contribution in [0.15, 0.2) is 24.3 Å². The van der Waals surface area contributed by atoms with Gasteiger partial charge in [-0.2, -0.15) is 4.39 Å². The molecular weight excluding hydrogens is 371 g/mol. The molecule has 3 heterocycles. The number of halogens is 4. The first-order valence-electron chi connectivity index (χ1n) is 7.83. The number of urea groups is 1. The molecule has 0 unspecified atom stereocenters. The van der Waals surface area contributed by atoms with Crippen LogP contribution in [0.2, 0.25) is 10.0 Å². The fourth-order valence-electron chi connectivity index (χ4n) is 3.67. The van der Waals surface area contributed by atoms with Crippen LogP contribution in [0.3, 0.4) is 0 Å². The Kier molecular flexibility index (Phi) is 4.04. The van der Waals surface area contributed by atoms with Crippen LogP contribution in [0.1, 0.15) is 30.1 Å². The van der Waals surface area contributed by atoms with Crippen molar-refractivity contribution in [3.63, 3.8) is 0 Å². The minimum atomic E-state index is -0.656. The highest BCUT2D eigenvalue weighted by atomic mass is 35.5. The van der Waals surface area contributed by atoms with Crippen LogP contribution in [0.25, 0.3) is 0 Å². The Morgan fingerprint density at radius 3 is 2.76 bits per heavy atom. The summed E-state index contributed by atoms with van der Waals surface area (Å²) in [4.78, 5) is 18.4. The highest BCUT2D eigenvalue weighted by molar-refractivity contribution is 6.42. The first-order valence-corrected chi connectivity index (χ1v) is 8.59. The predicted octanol–water partition coefficient (Wildman–Crippen LogP) is 4.96. The number of pyridine rings is 1. The molecule has 2 amide bonds. The van der Waals surface area contributed by atoms with Crippen LogP contribution in [-0.4, -0.2) is 22.0 Å². The third kappa shape index (κ3) is 2.83. The lowest BCUT2D eigenvalue weighted by Gasteiger charge is -2.35. The van der Waals surface area contributed by atoms with E-state index in [4.69, 9.17) is 23.2 Å². The van der Waals surface area contributed by atoms with Gasteiger partial charge in [-0.15, -0.1) is 0 Å². The van der Waals surface area contributed by atoms with Gasteiger partial charge in [0.25, 0.3) is 0 Å². The Morgan fingerprint density at radius 2 is 1.96 bits per heavy atom. The average Bonchev–Trinajstić information content (AvgIpc) is 2.88. The number of rotatable bonds is 1. The largest absolute Gasteiger partial charge is 0.322 e. The zero-order valence-corrected chi connectivity index (χ0v) is 14.4. The molecule has 1 saturated heterocycles. The van der Waals surface area contributed by atoms with Crippen LogP contribution in [0.5, 0.6) is 0 Å². The van der Waals surface area contributed by atoms with Crippen molar-refractivity contribution in [1.82, 2.24) is 9.88 Å². The molecule has 1 N–H and O–H groups in total. The van der Waals surface area contributed by atoms with E-state index in [-0.39, 0.29) is 27.8 Å². The molecule has 2 bridgehead atoms. The third-order valence-corrected chi connectivity index (χ3v) is 5.47. The minimum absolute atomic E-state index is 0.0261. The Morgan fingerprint density at radius 1 is 1.20 bits per heavy atom. The molecule has 25 heavy (non-hydrogen) atoms. The van der Waals surface area contributed by atoms with Gasteiger partial charge in [0, 0.05) is 12.5 Å². The lowest BCUT2D eigenvalue weighted by Crippen LogP contribution is -2.44. The Hall–Kier alpha value is -1.92. The van der Waals surface area contributed by atoms with Crippen LogP contribution in [-0.2, 0) is 6.42 Å². The molecule has 2 aliphatic heterocycles. The number of aromatic nitrogens is 1. The van der Waals surface area contributed by atoms with Gasteiger partial charge in [0.2, 0.25) is 5.95 Å². The zero-order valence-electron chi connectivity index (χ0n) is 12.9. The number of fused-ring (bicyclic) bond motifs is 4. The van der Waals surface area contributed by atoms with Gasteiger partial charge in [-0.25, -0.2) is 14.2 Å². The van der Waals surface area contributed by atoms with Gasteiger partial charge in [0.1, 0.15) is 5.82 Å². The third-order valence-electron chi connectivity index (χ3n) is 4.75. The van der Waals surface area contributed by atoms with Crippen molar-refractivity contribution in [2.45, 2.75) is 31.3 Å². The molecule has 2 aliphatic rings. The minimum Gasteiger partial charge on any atom is -0.314 e. The van der Waals surface area contributed by atoms with E-state index in [9.17, 15) is 13.6 Å². The summed E-state index contributed by atoms with van der Waals surface area (Å²) in [5.41, 5.74) is 1.51. The van der Waals surface area contributed by atoms with Gasteiger partial charge < -0.3 is 10.2 Å². The second-order valence-corrected chi connectivity index (χ2v) is 7.02. The molecule has 0 aliphatic carbocycles. The quantitative estimate of drug-likeness (QED) is 0.558. The van der Waals surface area contributed by atoms with E-state index in [1.54, 1.807) is 11.0 Å². The van der Waals surface area contributed by atoms with E-state index >= 15 is 0 Å². The van der Waals surface area contributed by atoms with E-state index in [1.807, 2.05) is 0 Å². The Balaban J connectivity index is 1.62. The molecule has 0 saturated carbocycles. The number of benzene rings is 1. The van der Waals surface area contributed by atoms with Crippen LogP contribution >= 0.6 is 23.2 Å². The molecule has 130 valence electrons. The zero-order chi connectivity index (χ0) is 17.7. The van der Waals surface area contributed by atoms with Crippen molar-refractivity contribution in [1.29, 1.82) is 0 Å². The van der Waals surface area contributed by atoms with Gasteiger partial charge >= 0.3 is 6.03 Å². The highest BCUT2D eigenvalue weighted by Gasteiger charge is 2.43. The van der Waals surface area contributed by atoms with Gasteiger partial charge in [-0.05, 0) is 36.6 Å². The molecule has 0 spiro atoms. The maximum atomic E-state index is 14.0. The molecule has 4 nitrogen and oxygen atoms in total. The summed E-state index contributed by atoms with van der Waals surface area (Å²) in [5, 5.41) is 2.80. The second-order valence-electron chi connectivity index (χ2n) is 6.20. The number of hydrogen-bond acceptors (Lipinski definition) is 2. The molecule has 1 aromatic carbocycles. The van der Waals surface area contributed by atoms with Crippen molar-refractivity contribution in [2.75, 3.05) is 5.32 Å². The average molecular weight is 384 g/mol. The number of carbonyl (C=O) groups is 1. The fraction of sp³-hybridized carbons (Fsp3) is 0.294. The summed E-state index contributed by atoms with van der Waals surface area (Å²) in [6.07, 6.45) is 2.04. The standard InChI is InChI=1S/C17H13Cl2F2N3O/c18-10-6-12(20)14(7-11(10)19)23-17(25)24-8-1-3-15(24)9-2-4-16(21)22-13(9)5-8/h2,4,6-8,15H,1,3,5H2,(H,23,25)/t8-,15+/m0/s1. The highest BCUT2D eigenvalue weighted by Crippen LogP contribution is 2.43. The fourth-order valence-corrected chi connectivity index (χ4v) is 3.98. The lowest BCUT2D eigenvalue weighted by molar-refractivity contribution is 0.178. The first-order chi connectivity index (χ1) is 11.9. The Labute approximate surface area is 152 Å². The summed E-state index contributed by atoms with van der Waals surface area (Å²) in [6.45, 7) is 0. The monoisotopic (exact) mass is 383 g/mol.